The van der Waals surface area contributed by atoms with E-state index in [1.807, 2.05) is 0 Å². The van der Waals surface area contributed by atoms with Crippen molar-refractivity contribution in [1.29, 1.82) is 0 Å². The fraction of sp³-hybridized carbons (Fsp3) is 0. The van der Waals surface area contributed by atoms with E-state index in [0.717, 1.165) is 0 Å². The van der Waals surface area contributed by atoms with Crippen molar-refractivity contribution in [2.75, 3.05) is 21.3 Å². The molecule has 4 rings (SSSR count). The zero-order valence-corrected chi connectivity index (χ0v) is 26.8. The number of nitrogens with one attached hydrogen (secondary N) is 6. The van der Waals surface area contributed by atoms with Gasteiger partial charge in [-0.25, -0.2) is 26.4 Å². The van der Waals surface area contributed by atoms with Gasteiger partial charge < -0.3 is 20.9 Å². The first-order chi connectivity index (χ1) is 19.5. The van der Waals surface area contributed by atoms with Gasteiger partial charge in [-0.05, 0) is 36.4 Å². The van der Waals surface area contributed by atoms with E-state index in [-0.39, 0.29) is 30.4 Å². The maximum absolute atomic E-state index is 11.7. The largest absolute Gasteiger partial charge is 2.00 e. The summed E-state index contributed by atoms with van der Waals surface area (Å²) in [6.45, 7) is 0. The van der Waals surface area contributed by atoms with Crippen molar-refractivity contribution in [3.05, 3.63) is 66.8 Å². The number of hydrogen-bond donors (Lipinski definition) is 4. The molecule has 0 aliphatic rings. The Morgan fingerprint density at radius 2 is 0.953 bits per heavy atom. The molecule has 2 aromatic carbocycles. The molecule has 0 atom stereocenters. The average Bonchev–Trinajstić information content (AvgIpc) is 3.54. The summed E-state index contributed by atoms with van der Waals surface area (Å²) in [6, 6.07) is 7.65. The monoisotopic (exact) mass is 741 g/mol. The predicted molar refractivity (Wildman–Crippen MR) is 167 cm³/mol. The topological polar surface area (TPSA) is 250 Å². The number of urea groups is 2. The van der Waals surface area contributed by atoms with Gasteiger partial charge in [-0.3, -0.25) is 10.6 Å². The number of hydrogen-bond acceptors (Lipinski definition) is 12. The molecule has 0 saturated carbocycles. The van der Waals surface area contributed by atoms with Crippen molar-refractivity contribution in [1.82, 2.24) is 20.4 Å². The second-order valence-corrected chi connectivity index (χ2v) is 14.1. The second-order valence-electron chi connectivity index (χ2n) is 7.17. The van der Waals surface area contributed by atoms with Gasteiger partial charge >= 0.3 is 22.2 Å². The summed E-state index contributed by atoms with van der Waals surface area (Å²) in [5.74, 6) is 0. The number of rotatable bonds is 6. The third-order valence-corrected chi connectivity index (χ3v) is 9.71. The Morgan fingerprint density at radius 3 is 1.23 bits per heavy atom. The molecule has 0 saturated heterocycles. The molecule has 16 nitrogen and oxygen atoms in total. The van der Waals surface area contributed by atoms with Crippen molar-refractivity contribution in [2.45, 2.75) is 8.68 Å². The summed E-state index contributed by atoms with van der Waals surface area (Å²) < 4.78 is 42.6. The van der Waals surface area contributed by atoms with Crippen LogP contribution in [0.3, 0.4) is 0 Å². The molecule has 4 amide bonds. The molecule has 2 aromatic heterocycles. The van der Waals surface area contributed by atoms with E-state index in [1.54, 1.807) is 0 Å². The quantitative estimate of drug-likeness (QED) is 0.131. The number of halogens is 4. The molecule has 0 bridgehead atoms. The summed E-state index contributed by atoms with van der Waals surface area (Å²) in [5.41, 5.74) is 0.777. The predicted octanol–water partition coefficient (Wildman–Crippen LogP) is 6.08. The number of nitrogens with zero attached hydrogens (tertiary/aromatic N) is 4. The Bertz CT molecular complexity index is 1730. The second kappa shape index (κ2) is 15.3. The Hall–Kier alpha value is -2.75. The molecule has 0 aliphatic carbocycles. The average molecular weight is 743 g/mol. The zero-order chi connectivity index (χ0) is 31.2. The van der Waals surface area contributed by atoms with Crippen molar-refractivity contribution in [3.8, 4) is 0 Å². The van der Waals surface area contributed by atoms with E-state index in [9.17, 15) is 26.4 Å². The number of anilines is 4. The van der Waals surface area contributed by atoms with E-state index in [0.29, 0.717) is 44.1 Å². The minimum absolute atomic E-state index is 0. The minimum Gasteiger partial charge on any atom is -0.558 e. The molecule has 25 heteroatoms. The Kier molecular flexibility index (Phi) is 13.0. The van der Waals surface area contributed by atoms with Gasteiger partial charge in [0.1, 0.15) is 20.0 Å². The standard InChI is InChI=1S/2C9H7Cl2N5O3S2.Be/c2*10-5-2-1-4(3-6(5)11)13-7(17)14-8-15-16-9(20-8)21(12,18)19;/h2*1-3H,(H4,12,13,14,15,17,18,19);/q;;+2/p-2. The molecule has 0 aliphatic heterocycles. The zero-order valence-electron chi connectivity index (χ0n) is 20.6. The SMILES string of the molecule is [Be+2].[NH-]S(=O)(=O)c1nnc(NC(=O)Nc2ccc(Cl)c(Cl)c2)s1.[NH-]S(=O)(=O)c1nnc(NC(=O)Nc2ccc(Cl)c(Cl)c2)s1. The molecule has 0 spiro atoms. The first-order valence-corrected chi connectivity index (χ1v) is 16.3. The molecule has 0 radical (unpaired) electrons. The van der Waals surface area contributed by atoms with Crippen LogP contribution in [-0.2, 0) is 20.0 Å². The van der Waals surface area contributed by atoms with Gasteiger partial charge in [0.25, 0.3) is 0 Å². The molecular weight excluding hydrogens is 731 g/mol. The van der Waals surface area contributed by atoms with Gasteiger partial charge in [0.05, 0.1) is 20.1 Å². The van der Waals surface area contributed by atoms with E-state index >= 15 is 0 Å². The molecule has 4 aromatic rings. The molecule has 224 valence electrons. The van der Waals surface area contributed by atoms with Crippen molar-refractivity contribution in [2.24, 2.45) is 0 Å². The number of benzene rings is 2. The van der Waals surface area contributed by atoms with Crippen LogP contribution in [0.5, 0.6) is 0 Å². The van der Waals surface area contributed by atoms with Crippen LogP contribution >= 0.6 is 69.1 Å². The van der Waals surface area contributed by atoms with Gasteiger partial charge in [0.2, 0.25) is 18.9 Å². The van der Waals surface area contributed by atoms with Gasteiger partial charge in [-0.2, -0.15) is 0 Å². The molecule has 2 heterocycles. The Labute approximate surface area is 274 Å². The van der Waals surface area contributed by atoms with Crippen LogP contribution in [0, 0.1) is 0 Å². The maximum Gasteiger partial charge on any atom is 2.00 e. The van der Waals surface area contributed by atoms with Crippen LogP contribution in [-0.4, -0.2) is 59.4 Å². The molecular formula is C18H12BeCl4N10O6S4. The van der Waals surface area contributed by atoms with Crippen molar-refractivity contribution >= 4 is 133 Å². The molecule has 6 N–H and O–H groups in total. The molecule has 43 heavy (non-hydrogen) atoms. The number of carbonyl (C=O) groups excluding carboxylic acids is 2. The summed E-state index contributed by atoms with van der Waals surface area (Å²) >= 11 is 24.2. The van der Waals surface area contributed by atoms with Crippen LogP contribution in [0.25, 0.3) is 10.3 Å². The third-order valence-electron chi connectivity index (χ3n) is 4.07. The van der Waals surface area contributed by atoms with Gasteiger partial charge in [-0.1, -0.05) is 69.1 Å². The maximum atomic E-state index is 11.7. The summed E-state index contributed by atoms with van der Waals surface area (Å²) in [4.78, 5) is 23.4. The van der Waals surface area contributed by atoms with Crippen molar-refractivity contribution in [3.63, 3.8) is 0 Å². The van der Waals surface area contributed by atoms with E-state index < -0.39 is 40.8 Å². The van der Waals surface area contributed by atoms with Crippen molar-refractivity contribution < 1.29 is 26.4 Å². The van der Waals surface area contributed by atoms with Crippen LogP contribution in [0.1, 0.15) is 0 Å². The van der Waals surface area contributed by atoms with E-state index in [4.69, 9.17) is 56.7 Å². The fourth-order valence-corrected chi connectivity index (χ4v) is 5.59. The normalized spacial score (nSPS) is 10.9. The Morgan fingerprint density at radius 1 is 0.605 bits per heavy atom. The Balaban J connectivity index is 0.000000293. The molecule has 0 unspecified atom stereocenters. The van der Waals surface area contributed by atoms with E-state index in [2.05, 4.69) is 41.7 Å². The molecule has 0 fully saturated rings. The third kappa shape index (κ3) is 11.4. The summed E-state index contributed by atoms with van der Waals surface area (Å²) in [6.07, 6.45) is 0. The number of carbonyl (C=O) groups is 2. The van der Waals surface area contributed by atoms with Crippen LogP contribution < -0.4 is 21.3 Å². The first-order valence-electron chi connectivity index (χ1n) is 10.2. The van der Waals surface area contributed by atoms with E-state index in [1.165, 1.54) is 36.4 Å². The minimum atomic E-state index is -4.20. The van der Waals surface area contributed by atoms with Crippen LogP contribution in [0.15, 0.2) is 45.1 Å². The fourth-order valence-electron chi connectivity index (χ4n) is 2.40. The smallest absolute Gasteiger partial charge is 0.558 e. The number of aromatic nitrogens is 4. The number of sulfonamides is 2. The van der Waals surface area contributed by atoms with Crippen LogP contribution in [0.4, 0.5) is 31.2 Å². The van der Waals surface area contributed by atoms with Crippen LogP contribution in [0.2, 0.25) is 20.1 Å². The van der Waals surface area contributed by atoms with Gasteiger partial charge in [-0.15, -0.1) is 20.4 Å². The van der Waals surface area contributed by atoms with Gasteiger partial charge in [0.15, 0.2) is 0 Å². The summed E-state index contributed by atoms with van der Waals surface area (Å²) in [7, 11) is -8.39. The van der Waals surface area contributed by atoms with Gasteiger partial charge in [0, 0.05) is 11.4 Å². The first kappa shape index (κ1) is 36.4. The summed E-state index contributed by atoms with van der Waals surface area (Å²) in [5, 5.41) is 37.7. The number of amides is 4.